The Balaban J connectivity index is 2.37. The second-order valence-corrected chi connectivity index (χ2v) is 7.44. The summed E-state index contributed by atoms with van der Waals surface area (Å²) in [6.45, 7) is 7.62. The summed E-state index contributed by atoms with van der Waals surface area (Å²) >= 11 is 0. The van der Waals surface area contributed by atoms with Crippen molar-refractivity contribution in [3.63, 3.8) is 0 Å². The molecule has 0 N–H and O–H groups in total. The molecule has 1 heterocycles. The quantitative estimate of drug-likeness (QED) is 0.734. The molecule has 0 spiro atoms. The van der Waals surface area contributed by atoms with Gasteiger partial charge < -0.3 is 0 Å². The Kier molecular flexibility index (Phi) is 3.16. The average Bonchev–Trinajstić information content (AvgIpc) is 2.49. The number of hydrogen-bond acceptors (Lipinski definition) is 4. The lowest BCUT2D eigenvalue weighted by atomic mass is 9.52. The molecule has 0 radical (unpaired) electrons. The fourth-order valence-electron chi connectivity index (χ4n) is 4.41. The van der Waals surface area contributed by atoms with Gasteiger partial charge in [-0.05, 0) is 25.7 Å². The number of nitriles is 1. The predicted octanol–water partition coefficient (Wildman–Crippen LogP) is 1.97. The lowest BCUT2D eigenvalue weighted by Crippen LogP contribution is -2.52. The van der Waals surface area contributed by atoms with Gasteiger partial charge in [-0.15, -0.1) is 0 Å². The molecule has 1 aromatic heterocycles. The molecule has 5 nitrogen and oxygen atoms in total. The topological polar surface area (TPSA) is 75.8 Å². The molecule has 3 rings (SSSR count). The molecule has 2 unspecified atom stereocenters. The van der Waals surface area contributed by atoms with Crippen LogP contribution in [0.1, 0.15) is 44.3 Å². The molecular formula is C18H21N3O2. The van der Waals surface area contributed by atoms with Crippen molar-refractivity contribution in [3.8, 4) is 6.07 Å². The van der Waals surface area contributed by atoms with E-state index < -0.39 is 10.8 Å². The van der Waals surface area contributed by atoms with E-state index in [4.69, 9.17) is 0 Å². The van der Waals surface area contributed by atoms with Crippen LogP contribution in [0.4, 0.5) is 0 Å². The summed E-state index contributed by atoms with van der Waals surface area (Å²) in [5, 5.41) is 9.37. The maximum atomic E-state index is 12.6. The summed E-state index contributed by atoms with van der Waals surface area (Å²) in [7, 11) is 1.73. The number of hydrogen-bond donors (Lipinski definition) is 0. The van der Waals surface area contributed by atoms with Gasteiger partial charge in [0.2, 0.25) is 0 Å². The highest BCUT2D eigenvalue weighted by atomic mass is 16.1. The van der Waals surface area contributed by atoms with Gasteiger partial charge in [0.25, 0.3) is 5.56 Å². The van der Waals surface area contributed by atoms with Crippen LogP contribution in [0.25, 0.3) is 0 Å². The third-order valence-electron chi connectivity index (χ3n) is 5.79. The zero-order valence-corrected chi connectivity index (χ0v) is 14.2. The van der Waals surface area contributed by atoms with Gasteiger partial charge >= 0.3 is 0 Å². The third kappa shape index (κ3) is 1.87. The van der Waals surface area contributed by atoms with Crippen molar-refractivity contribution in [2.45, 2.75) is 46.0 Å². The molecule has 2 aliphatic rings. The van der Waals surface area contributed by atoms with Crippen molar-refractivity contribution in [1.29, 1.82) is 5.26 Å². The molecule has 0 saturated heterocycles. The molecule has 0 amide bonds. The Labute approximate surface area is 135 Å². The van der Waals surface area contributed by atoms with E-state index in [-0.39, 0.29) is 22.8 Å². The van der Waals surface area contributed by atoms with Gasteiger partial charge in [0, 0.05) is 23.4 Å². The Hall–Kier alpha value is -2.22. The van der Waals surface area contributed by atoms with Gasteiger partial charge in [-0.2, -0.15) is 5.26 Å². The van der Waals surface area contributed by atoms with E-state index in [1.165, 1.54) is 0 Å². The molecule has 0 bridgehead atoms. The largest absolute Gasteiger partial charge is 0.300 e. The monoisotopic (exact) mass is 311 g/mol. The number of rotatable bonds is 0. The molecule has 120 valence electrons. The van der Waals surface area contributed by atoms with Crippen LogP contribution >= 0.6 is 0 Å². The molecule has 0 saturated carbocycles. The Bertz CT molecular complexity index is 854. The van der Waals surface area contributed by atoms with Gasteiger partial charge in [-0.3, -0.25) is 14.2 Å². The molecule has 23 heavy (non-hydrogen) atoms. The molecule has 0 aromatic carbocycles. The summed E-state index contributed by atoms with van der Waals surface area (Å²) in [5.74, 6) is 0.579. The number of Topliss-reactive ketones (excluding diaryl/α,β-unsaturated/α-hetero) is 1. The van der Waals surface area contributed by atoms with Crippen LogP contribution in [-0.2, 0) is 23.7 Å². The lowest BCUT2D eigenvalue weighted by Gasteiger charge is -2.50. The number of ketones is 1. The van der Waals surface area contributed by atoms with E-state index in [0.29, 0.717) is 12.2 Å². The Morgan fingerprint density at radius 2 is 2.00 bits per heavy atom. The SMILES string of the molecule is Cc1nc2c(c(=O)n1C)CCC1C(C)(C)C(=O)C(C#N)=CC21C. The minimum absolute atomic E-state index is 0.0196. The van der Waals surface area contributed by atoms with Gasteiger partial charge in [0.05, 0.1) is 11.3 Å². The van der Waals surface area contributed by atoms with Crippen LogP contribution in [0, 0.1) is 29.6 Å². The number of aryl methyl sites for hydroxylation is 1. The molecular weight excluding hydrogens is 290 g/mol. The molecule has 1 aromatic rings. The van der Waals surface area contributed by atoms with Crippen LogP contribution in [0.3, 0.4) is 0 Å². The van der Waals surface area contributed by atoms with Crippen molar-refractivity contribution >= 4 is 5.78 Å². The standard InChI is InChI=1S/C18H21N3O2/c1-10-20-14-12(16(23)21(10)5)6-7-13-17(2,3)15(22)11(9-19)8-18(13,14)4/h8,13H,6-7H2,1-5H3. The van der Waals surface area contributed by atoms with Crippen molar-refractivity contribution < 1.29 is 4.79 Å². The number of nitrogens with zero attached hydrogens (tertiary/aromatic N) is 3. The van der Waals surface area contributed by atoms with E-state index >= 15 is 0 Å². The summed E-state index contributed by atoms with van der Waals surface area (Å²) in [4.78, 5) is 29.9. The first-order valence-corrected chi connectivity index (χ1v) is 7.89. The van der Waals surface area contributed by atoms with Crippen molar-refractivity contribution in [2.24, 2.45) is 18.4 Å². The second kappa shape index (κ2) is 4.64. The van der Waals surface area contributed by atoms with E-state index in [2.05, 4.69) is 4.98 Å². The van der Waals surface area contributed by atoms with E-state index in [1.54, 1.807) is 17.7 Å². The summed E-state index contributed by atoms with van der Waals surface area (Å²) in [6.07, 6.45) is 3.12. The maximum Gasteiger partial charge on any atom is 0.256 e. The fourth-order valence-corrected chi connectivity index (χ4v) is 4.41. The summed E-state index contributed by atoms with van der Waals surface area (Å²) < 4.78 is 1.57. The van der Waals surface area contributed by atoms with Crippen LogP contribution in [0.5, 0.6) is 0 Å². The van der Waals surface area contributed by atoms with E-state index in [1.807, 2.05) is 33.8 Å². The normalized spacial score (nSPS) is 28.4. The zero-order valence-electron chi connectivity index (χ0n) is 14.2. The minimum atomic E-state index is -0.636. The smallest absolute Gasteiger partial charge is 0.256 e. The molecule has 2 atom stereocenters. The van der Waals surface area contributed by atoms with E-state index in [9.17, 15) is 14.9 Å². The second-order valence-electron chi connectivity index (χ2n) is 7.44. The highest BCUT2D eigenvalue weighted by Crippen LogP contribution is 2.53. The first kappa shape index (κ1) is 15.7. The fraction of sp³-hybridized carbons (Fsp3) is 0.556. The average molecular weight is 311 g/mol. The van der Waals surface area contributed by atoms with Crippen LogP contribution < -0.4 is 5.56 Å². The van der Waals surface area contributed by atoms with Gasteiger partial charge in [-0.1, -0.05) is 26.8 Å². The maximum absolute atomic E-state index is 12.6. The number of allylic oxidation sites excluding steroid dienone is 2. The van der Waals surface area contributed by atoms with Crippen molar-refractivity contribution in [1.82, 2.24) is 9.55 Å². The highest BCUT2D eigenvalue weighted by molar-refractivity contribution is 6.04. The van der Waals surface area contributed by atoms with Gasteiger partial charge in [0.15, 0.2) is 5.78 Å². The lowest BCUT2D eigenvalue weighted by molar-refractivity contribution is -0.128. The molecule has 0 fully saturated rings. The highest BCUT2D eigenvalue weighted by Gasteiger charge is 2.55. The van der Waals surface area contributed by atoms with Crippen molar-refractivity contribution in [2.75, 3.05) is 0 Å². The van der Waals surface area contributed by atoms with Crippen LogP contribution in [0.15, 0.2) is 16.4 Å². The first-order chi connectivity index (χ1) is 10.6. The number of fused-ring (bicyclic) bond motifs is 3. The Morgan fingerprint density at radius 1 is 1.35 bits per heavy atom. The van der Waals surface area contributed by atoms with Gasteiger partial charge in [-0.25, -0.2) is 4.98 Å². The number of carbonyl (C=O) groups excluding carboxylic acids is 1. The summed E-state index contributed by atoms with van der Waals surface area (Å²) in [6, 6.07) is 2.04. The zero-order chi connectivity index (χ0) is 17.2. The summed E-state index contributed by atoms with van der Waals surface area (Å²) in [5.41, 5.74) is 0.422. The van der Waals surface area contributed by atoms with Crippen LogP contribution in [-0.4, -0.2) is 15.3 Å². The molecule has 2 aliphatic carbocycles. The number of aromatic nitrogens is 2. The van der Waals surface area contributed by atoms with E-state index in [0.717, 1.165) is 17.7 Å². The minimum Gasteiger partial charge on any atom is -0.300 e. The number of carbonyl (C=O) groups is 1. The van der Waals surface area contributed by atoms with Crippen LogP contribution in [0.2, 0.25) is 0 Å². The third-order valence-corrected chi connectivity index (χ3v) is 5.79. The van der Waals surface area contributed by atoms with Crippen molar-refractivity contribution in [3.05, 3.63) is 39.1 Å². The molecule has 5 heteroatoms. The predicted molar refractivity (Wildman–Crippen MR) is 85.9 cm³/mol. The molecule has 0 aliphatic heterocycles. The van der Waals surface area contributed by atoms with Gasteiger partial charge in [0.1, 0.15) is 11.9 Å². The Morgan fingerprint density at radius 3 is 2.61 bits per heavy atom. The first-order valence-electron chi connectivity index (χ1n) is 7.89.